The van der Waals surface area contributed by atoms with Crippen LogP contribution in [0.3, 0.4) is 0 Å². The van der Waals surface area contributed by atoms with Crippen molar-refractivity contribution in [2.45, 2.75) is 129 Å². The topological polar surface area (TPSA) is 40.5 Å². The van der Waals surface area contributed by atoms with Gasteiger partial charge in [0.25, 0.3) is 0 Å². The Bertz CT molecular complexity index is 759. The van der Waals surface area contributed by atoms with E-state index in [-0.39, 0.29) is 0 Å². The van der Waals surface area contributed by atoms with Crippen LogP contribution in [0.5, 0.6) is 11.5 Å². The quantitative estimate of drug-likeness (QED) is 0.214. The number of hydrogen-bond donors (Lipinski definition) is 2. The highest BCUT2D eigenvalue weighted by molar-refractivity contribution is 5.43. The van der Waals surface area contributed by atoms with E-state index in [4.69, 9.17) is 0 Å². The molecule has 2 rings (SSSR count). The fraction of sp³-hybridized carbons (Fsp3) is 0.625. The lowest BCUT2D eigenvalue weighted by atomic mass is 9.85. The number of unbranched alkanes of at least 4 members (excludes halogenated alkanes) is 14. The van der Waals surface area contributed by atoms with Crippen molar-refractivity contribution < 1.29 is 10.2 Å². The zero-order valence-electron chi connectivity index (χ0n) is 22.2. The van der Waals surface area contributed by atoms with Crippen molar-refractivity contribution in [2.75, 3.05) is 0 Å². The van der Waals surface area contributed by atoms with Gasteiger partial charge >= 0.3 is 0 Å². The third-order valence-corrected chi connectivity index (χ3v) is 7.34. The van der Waals surface area contributed by atoms with Crippen LogP contribution in [-0.2, 0) is 0 Å². The van der Waals surface area contributed by atoms with Crippen LogP contribution < -0.4 is 0 Å². The summed E-state index contributed by atoms with van der Waals surface area (Å²) in [6.45, 7) is 6.21. The van der Waals surface area contributed by atoms with Gasteiger partial charge in [0.2, 0.25) is 0 Å². The Morgan fingerprint density at radius 3 is 1.24 bits per heavy atom. The summed E-state index contributed by atoms with van der Waals surface area (Å²) in [6.07, 6.45) is 21.8. The van der Waals surface area contributed by atoms with Gasteiger partial charge in [-0.05, 0) is 54.7 Å². The highest BCUT2D eigenvalue weighted by Crippen LogP contribution is 2.34. The maximum atomic E-state index is 9.96. The van der Waals surface area contributed by atoms with Crippen molar-refractivity contribution in [1.29, 1.82) is 0 Å². The van der Waals surface area contributed by atoms with Gasteiger partial charge in [-0.3, -0.25) is 0 Å². The van der Waals surface area contributed by atoms with Crippen molar-refractivity contribution >= 4 is 0 Å². The molecule has 0 saturated heterocycles. The molecule has 34 heavy (non-hydrogen) atoms. The molecular weight excluding hydrogens is 416 g/mol. The smallest absolute Gasteiger partial charge is 0.118 e. The van der Waals surface area contributed by atoms with Crippen molar-refractivity contribution in [2.24, 2.45) is 0 Å². The first-order chi connectivity index (χ1) is 16.5. The Morgan fingerprint density at radius 1 is 0.529 bits per heavy atom. The minimum absolute atomic E-state index is 0.306. The van der Waals surface area contributed by atoms with Crippen LogP contribution in [0.4, 0.5) is 0 Å². The molecule has 2 aromatic rings. The molecule has 0 spiro atoms. The number of aromatic hydroxyl groups is 2. The molecule has 2 aromatic carbocycles. The van der Waals surface area contributed by atoms with E-state index in [1.54, 1.807) is 0 Å². The molecule has 0 radical (unpaired) electrons. The Morgan fingerprint density at radius 2 is 0.882 bits per heavy atom. The maximum absolute atomic E-state index is 9.96. The molecule has 0 aliphatic carbocycles. The summed E-state index contributed by atoms with van der Waals surface area (Å²) in [5.74, 6) is 1.02. The van der Waals surface area contributed by atoms with Gasteiger partial charge in [-0.2, -0.15) is 0 Å². The molecule has 2 heteroatoms. The molecule has 0 aliphatic rings. The zero-order valence-corrected chi connectivity index (χ0v) is 22.2. The standard InChI is InChI=1S/C32H50O2/c1-4-5-6-7-8-9-10-11-12-13-14-15-16-17-18-19-30(28-20-22-31(33)26(2)24-28)29-21-23-32(34)27(3)25-29/h20-25,30,33-34H,4-19H2,1-3H3. The van der Waals surface area contributed by atoms with Crippen molar-refractivity contribution in [3.63, 3.8) is 0 Å². The highest BCUT2D eigenvalue weighted by atomic mass is 16.3. The molecule has 2 N–H and O–H groups in total. The average molecular weight is 467 g/mol. The third kappa shape index (κ3) is 10.5. The number of benzene rings is 2. The number of aryl methyl sites for hydroxylation is 2. The summed E-state index contributed by atoms with van der Waals surface area (Å²) < 4.78 is 0. The number of hydrogen-bond acceptors (Lipinski definition) is 2. The monoisotopic (exact) mass is 466 g/mol. The molecule has 0 saturated carbocycles. The Balaban J connectivity index is 1.66. The summed E-state index contributed by atoms with van der Waals surface area (Å²) >= 11 is 0. The summed E-state index contributed by atoms with van der Waals surface area (Å²) in [4.78, 5) is 0. The highest BCUT2D eigenvalue weighted by Gasteiger charge is 2.16. The molecule has 0 heterocycles. The molecule has 2 nitrogen and oxygen atoms in total. The van der Waals surface area contributed by atoms with Gasteiger partial charge in [-0.15, -0.1) is 0 Å². The first-order valence-electron chi connectivity index (χ1n) is 14.1. The van der Waals surface area contributed by atoms with Gasteiger partial charge in [-0.25, -0.2) is 0 Å². The second kappa shape index (κ2) is 16.6. The van der Waals surface area contributed by atoms with Gasteiger partial charge < -0.3 is 10.2 Å². The molecule has 0 unspecified atom stereocenters. The predicted molar refractivity (Wildman–Crippen MR) is 147 cm³/mol. The molecule has 0 atom stereocenters. The van der Waals surface area contributed by atoms with E-state index >= 15 is 0 Å². The van der Waals surface area contributed by atoms with E-state index in [0.29, 0.717) is 17.4 Å². The van der Waals surface area contributed by atoms with Gasteiger partial charge in [0.1, 0.15) is 11.5 Å². The molecular formula is C32H50O2. The van der Waals surface area contributed by atoms with Crippen LogP contribution in [0, 0.1) is 13.8 Å². The van der Waals surface area contributed by atoms with E-state index in [0.717, 1.165) is 17.5 Å². The Hall–Kier alpha value is -1.96. The first-order valence-corrected chi connectivity index (χ1v) is 14.1. The summed E-state index contributed by atoms with van der Waals surface area (Å²) in [5, 5.41) is 19.9. The van der Waals surface area contributed by atoms with E-state index < -0.39 is 0 Å². The van der Waals surface area contributed by atoms with Crippen LogP contribution >= 0.6 is 0 Å². The molecule has 0 amide bonds. The summed E-state index contributed by atoms with van der Waals surface area (Å²) in [6, 6.07) is 12.0. The lowest BCUT2D eigenvalue weighted by Gasteiger charge is -2.20. The van der Waals surface area contributed by atoms with Crippen LogP contribution in [0.1, 0.15) is 138 Å². The van der Waals surface area contributed by atoms with E-state index in [1.165, 1.54) is 107 Å². The zero-order chi connectivity index (χ0) is 24.6. The minimum Gasteiger partial charge on any atom is -0.508 e. The third-order valence-electron chi connectivity index (χ3n) is 7.34. The second-order valence-corrected chi connectivity index (χ2v) is 10.4. The van der Waals surface area contributed by atoms with Crippen LogP contribution in [-0.4, -0.2) is 10.2 Å². The van der Waals surface area contributed by atoms with Crippen molar-refractivity contribution in [1.82, 2.24) is 0 Å². The fourth-order valence-corrected chi connectivity index (χ4v) is 5.04. The second-order valence-electron chi connectivity index (χ2n) is 10.4. The van der Waals surface area contributed by atoms with E-state index in [2.05, 4.69) is 31.2 Å². The molecule has 0 aliphatic heterocycles. The van der Waals surface area contributed by atoms with Gasteiger partial charge in [0.15, 0.2) is 0 Å². The average Bonchev–Trinajstić information content (AvgIpc) is 2.83. The number of phenolic OH excluding ortho intramolecular Hbond substituents is 2. The fourth-order valence-electron chi connectivity index (χ4n) is 5.04. The van der Waals surface area contributed by atoms with Crippen LogP contribution in [0.2, 0.25) is 0 Å². The van der Waals surface area contributed by atoms with Gasteiger partial charge in [0.05, 0.1) is 0 Å². The SMILES string of the molecule is CCCCCCCCCCCCCCCCCC(c1ccc(O)c(C)c1)c1ccc(O)c(C)c1. The number of rotatable bonds is 18. The lowest BCUT2D eigenvalue weighted by molar-refractivity contribution is 0.470. The van der Waals surface area contributed by atoms with Crippen LogP contribution in [0.15, 0.2) is 36.4 Å². The molecule has 190 valence electrons. The Labute approximate surface area is 209 Å². The van der Waals surface area contributed by atoms with Gasteiger partial charge in [0, 0.05) is 5.92 Å². The minimum atomic E-state index is 0.306. The molecule has 0 fully saturated rings. The summed E-state index contributed by atoms with van der Waals surface area (Å²) in [7, 11) is 0. The lowest BCUT2D eigenvalue weighted by Crippen LogP contribution is -2.02. The van der Waals surface area contributed by atoms with Gasteiger partial charge in [-0.1, -0.05) is 128 Å². The van der Waals surface area contributed by atoms with Crippen molar-refractivity contribution in [3.8, 4) is 11.5 Å². The maximum Gasteiger partial charge on any atom is 0.118 e. The predicted octanol–water partition coefficient (Wildman–Crippen LogP) is 10.1. The van der Waals surface area contributed by atoms with E-state index in [1.807, 2.05) is 26.0 Å². The van der Waals surface area contributed by atoms with E-state index in [9.17, 15) is 10.2 Å². The first kappa shape index (κ1) is 28.3. The molecule has 0 aromatic heterocycles. The Kier molecular flexibility index (Phi) is 13.8. The largest absolute Gasteiger partial charge is 0.508 e. The number of phenols is 2. The van der Waals surface area contributed by atoms with Crippen LogP contribution in [0.25, 0.3) is 0 Å². The molecule has 0 bridgehead atoms. The normalized spacial score (nSPS) is 11.4. The summed E-state index contributed by atoms with van der Waals surface area (Å²) in [5.41, 5.74) is 4.36. The van der Waals surface area contributed by atoms with Crippen molar-refractivity contribution in [3.05, 3.63) is 58.7 Å².